The van der Waals surface area contributed by atoms with Gasteiger partial charge in [-0.15, -0.1) is 0 Å². The first kappa shape index (κ1) is 24.4. The number of hydrogen-bond acceptors (Lipinski definition) is 5. The van der Waals surface area contributed by atoms with E-state index >= 15 is 0 Å². The molecule has 0 saturated heterocycles. The van der Waals surface area contributed by atoms with Crippen molar-refractivity contribution in [1.82, 2.24) is 20.5 Å². The SMILES string of the molecule is CCOc1ccc(C(=O)NCC(=O)N/N=C/c2cn(-c3ccccc3)nc2-c2cccc(C)c2)cc1. The number of nitrogens with one attached hydrogen (secondary N) is 2. The lowest BCUT2D eigenvalue weighted by atomic mass is 10.1. The van der Waals surface area contributed by atoms with E-state index in [0.717, 1.165) is 28.1 Å². The topological polar surface area (TPSA) is 97.6 Å². The smallest absolute Gasteiger partial charge is 0.259 e. The quantitative estimate of drug-likeness (QED) is 0.278. The second-order valence-corrected chi connectivity index (χ2v) is 8.02. The second kappa shape index (κ2) is 11.6. The summed E-state index contributed by atoms with van der Waals surface area (Å²) in [7, 11) is 0. The van der Waals surface area contributed by atoms with E-state index < -0.39 is 5.91 Å². The Bertz CT molecular complexity index is 1360. The first-order valence-electron chi connectivity index (χ1n) is 11.6. The van der Waals surface area contributed by atoms with E-state index in [0.29, 0.717) is 17.9 Å². The van der Waals surface area contributed by atoms with E-state index in [1.54, 1.807) is 35.2 Å². The number of carbonyl (C=O) groups is 2. The van der Waals surface area contributed by atoms with Gasteiger partial charge in [0.15, 0.2) is 0 Å². The highest BCUT2D eigenvalue weighted by Gasteiger charge is 2.12. The molecule has 1 aromatic heterocycles. The molecule has 0 aliphatic heterocycles. The van der Waals surface area contributed by atoms with Gasteiger partial charge in [-0.05, 0) is 56.3 Å². The van der Waals surface area contributed by atoms with Crippen molar-refractivity contribution in [2.24, 2.45) is 5.10 Å². The number of amides is 2. The fraction of sp³-hybridized carbons (Fsp3) is 0.143. The Balaban J connectivity index is 1.42. The monoisotopic (exact) mass is 481 g/mol. The van der Waals surface area contributed by atoms with Gasteiger partial charge in [-0.2, -0.15) is 10.2 Å². The number of hydrogen-bond donors (Lipinski definition) is 2. The van der Waals surface area contributed by atoms with Crippen LogP contribution >= 0.6 is 0 Å². The maximum absolute atomic E-state index is 12.3. The minimum atomic E-state index is -0.446. The van der Waals surface area contributed by atoms with Crippen LogP contribution in [0.4, 0.5) is 0 Å². The number of rotatable bonds is 9. The van der Waals surface area contributed by atoms with E-state index in [4.69, 9.17) is 9.84 Å². The third-order valence-corrected chi connectivity index (χ3v) is 5.28. The fourth-order valence-corrected chi connectivity index (χ4v) is 3.56. The average Bonchev–Trinajstić information content (AvgIpc) is 3.33. The van der Waals surface area contributed by atoms with Crippen LogP contribution in [-0.2, 0) is 4.79 Å². The Morgan fingerprint density at radius 2 is 1.81 bits per heavy atom. The van der Waals surface area contributed by atoms with Gasteiger partial charge in [-0.3, -0.25) is 9.59 Å². The van der Waals surface area contributed by atoms with E-state index in [1.165, 1.54) is 0 Å². The molecule has 0 unspecified atom stereocenters. The lowest BCUT2D eigenvalue weighted by Crippen LogP contribution is -2.34. The molecule has 182 valence electrons. The van der Waals surface area contributed by atoms with Crippen LogP contribution in [0.15, 0.2) is 90.2 Å². The molecular formula is C28H27N5O3. The van der Waals surface area contributed by atoms with Gasteiger partial charge in [0.1, 0.15) is 11.4 Å². The van der Waals surface area contributed by atoms with Crippen LogP contribution in [0.2, 0.25) is 0 Å². The number of aryl methyl sites for hydroxylation is 1. The van der Waals surface area contributed by atoms with Gasteiger partial charge in [0.2, 0.25) is 0 Å². The van der Waals surface area contributed by atoms with Gasteiger partial charge in [0, 0.05) is 22.9 Å². The fourth-order valence-electron chi connectivity index (χ4n) is 3.56. The van der Waals surface area contributed by atoms with Crippen molar-refractivity contribution in [2.45, 2.75) is 13.8 Å². The van der Waals surface area contributed by atoms with Crippen LogP contribution in [0.3, 0.4) is 0 Å². The zero-order valence-electron chi connectivity index (χ0n) is 20.1. The van der Waals surface area contributed by atoms with Crippen molar-refractivity contribution >= 4 is 18.0 Å². The summed E-state index contributed by atoms with van der Waals surface area (Å²) in [6.07, 6.45) is 3.41. The first-order valence-corrected chi connectivity index (χ1v) is 11.6. The molecule has 0 radical (unpaired) electrons. The van der Waals surface area contributed by atoms with E-state index in [9.17, 15) is 9.59 Å². The number of aromatic nitrogens is 2. The molecule has 0 fully saturated rings. The highest BCUT2D eigenvalue weighted by molar-refractivity contribution is 5.96. The largest absolute Gasteiger partial charge is 0.494 e. The maximum atomic E-state index is 12.3. The highest BCUT2D eigenvalue weighted by atomic mass is 16.5. The van der Waals surface area contributed by atoms with Crippen molar-refractivity contribution < 1.29 is 14.3 Å². The van der Waals surface area contributed by atoms with Gasteiger partial charge in [0.05, 0.1) is 25.1 Å². The van der Waals surface area contributed by atoms with E-state index in [1.807, 2.05) is 74.6 Å². The minimum Gasteiger partial charge on any atom is -0.494 e. The zero-order valence-corrected chi connectivity index (χ0v) is 20.1. The molecular weight excluding hydrogens is 454 g/mol. The Kier molecular flexibility index (Phi) is 7.87. The van der Waals surface area contributed by atoms with Crippen molar-refractivity contribution in [1.29, 1.82) is 0 Å². The van der Waals surface area contributed by atoms with Crippen molar-refractivity contribution in [3.63, 3.8) is 0 Å². The summed E-state index contributed by atoms with van der Waals surface area (Å²) in [5, 5.41) is 11.4. The molecule has 4 rings (SSSR count). The second-order valence-electron chi connectivity index (χ2n) is 8.02. The molecule has 0 aliphatic rings. The van der Waals surface area contributed by atoms with Crippen molar-refractivity contribution in [2.75, 3.05) is 13.2 Å². The summed E-state index contributed by atoms with van der Waals surface area (Å²) in [5.74, 6) is -0.122. The Morgan fingerprint density at radius 3 is 2.53 bits per heavy atom. The molecule has 0 bridgehead atoms. The highest BCUT2D eigenvalue weighted by Crippen LogP contribution is 2.23. The van der Waals surface area contributed by atoms with Crippen LogP contribution < -0.4 is 15.5 Å². The molecule has 3 aromatic carbocycles. The molecule has 2 N–H and O–H groups in total. The van der Waals surface area contributed by atoms with Gasteiger partial charge in [-0.25, -0.2) is 10.1 Å². The molecule has 0 spiro atoms. The van der Waals surface area contributed by atoms with Gasteiger partial charge < -0.3 is 10.1 Å². The normalized spacial score (nSPS) is 10.8. The van der Waals surface area contributed by atoms with Crippen molar-refractivity contribution in [3.8, 4) is 22.7 Å². The molecule has 8 nitrogen and oxygen atoms in total. The molecule has 8 heteroatoms. The van der Waals surface area contributed by atoms with Gasteiger partial charge >= 0.3 is 0 Å². The van der Waals surface area contributed by atoms with Crippen LogP contribution in [-0.4, -0.2) is 41.0 Å². The number of carbonyl (C=O) groups excluding carboxylic acids is 2. The summed E-state index contributed by atoms with van der Waals surface area (Å²) in [4.78, 5) is 24.6. The van der Waals surface area contributed by atoms with Crippen LogP contribution in [0.25, 0.3) is 16.9 Å². The molecule has 4 aromatic rings. The summed E-state index contributed by atoms with van der Waals surface area (Å²) in [6, 6.07) is 24.5. The third-order valence-electron chi connectivity index (χ3n) is 5.28. The van der Waals surface area contributed by atoms with E-state index in [2.05, 4.69) is 15.8 Å². The zero-order chi connectivity index (χ0) is 25.3. The average molecular weight is 482 g/mol. The number of para-hydroxylation sites is 1. The molecule has 1 heterocycles. The molecule has 0 aliphatic carbocycles. The standard InChI is InChI=1S/C28H27N5O3/c1-3-36-25-14-12-21(13-15-25)28(35)29-18-26(34)31-30-17-23-19-33(24-10-5-4-6-11-24)32-27(23)22-9-7-8-20(2)16-22/h4-17,19H,3,18H2,1-2H3,(H,29,35)(H,31,34)/b30-17+. The molecule has 2 amide bonds. The number of hydrazone groups is 1. The van der Waals surface area contributed by atoms with Gasteiger partial charge in [-0.1, -0.05) is 42.0 Å². The predicted octanol–water partition coefficient (Wildman–Crippen LogP) is 4.13. The summed E-state index contributed by atoms with van der Waals surface area (Å²) in [5.41, 5.74) is 7.34. The van der Waals surface area contributed by atoms with Crippen LogP contribution in [0.5, 0.6) is 5.75 Å². The lowest BCUT2D eigenvalue weighted by Gasteiger charge is -2.06. The lowest BCUT2D eigenvalue weighted by molar-refractivity contribution is -0.120. The number of benzene rings is 3. The van der Waals surface area contributed by atoms with Crippen molar-refractivity contribution in [3.05, 3.63) is 102 Å². The molecule has 36 heavy (non-hydrogen) atoms. The maximum Gasteiger partial charge on any atom is 0.259 e. The summed E-state index contributed by atoms with van der Waals surface area (Å²) < 4.78 is 7.15. The van der Waals surface area contributed by atoms with Gasteiger partial charge in [0.25, 0.3) is 11.8 Å². The van der Waals surface area contributed by atoms with E-state index in [-0.39, 0.29) is 12.5 Å². The first-order chi connectivity index (χ1) is 17.5. The Morgan fingerprint density at radius 1 is 1.03 bits per heavy atom. The molecule has 0 atom stereocenters. The van der Waals surface area contributed by atoms with Crippen LogP contribution in [0.1, 0.15) is 28.4 Å². The van der Waals surface area contributed by atoms with Crippen LogP contribution in [0, 0.1) is 6.92 Å². The Hall–Kier alpha value is -4.72. The third kappa shape index (κ3) is 6.24. The summed E-state index contributed by atoms with van der Waals surface area (Å²) >= 11 is 0. The minimum absolute atomic E-state index is 0.211. The number of ether oxygens (including phenoxy) is 1. The summed E-state index contributed by atoms with van der Waals surface area (Å²) in [6.45, 7) is 4.25. The molecule has 0 saturated carbocycles. The predicted molar refractivity (Wildman–Crippen MR) is 139 cm³/mol. The Labute approximate surface area is 209 Å². The number of nitrogens with zero attached hydrogens (tertiary/aromatic N) is 3.